The summed E-state index contributed by atoms with van der Waals surface area (Å²) in [5.41, 5.74) is 9.60. The molecule has 0 fully saturated rings. The highest BCUT2D eigenvalue weighted by molar-refractivity contribution is 6.16. The van der Waals surface area contributed by atoms with Gasteiger partial charge in [-0.2, -0.15) is 0 Å². The highest BCUT2D eigenvalue weighted by atomic mass is 16.5. The molecular weight excluding hydrogens is 1020 g/mol. The van der Waals surface area contributed by atoms with E-state index in [1.165, 1.54) is 10.1 Å². The number of hydrogen-bond donors (Lipinski definition) is 0. The van der Waals surface area contributed by atoms with Crippen LogP contribution in [0, 0.1) is 6.33 Å². The molecule has 0 aliphatic carbocycles. The van der Waals surface area contributed by atoms with Gasteiger partial charge in [0.05, 0.1) is 68.0 Å². The minimum atomic E-state index is -0.554. The second kappa shape index (κ2) is 20.3. The average Bonchev–Trinajstić information content (AvgIpc) is 1.55. The molecule has 0 aliphatic heterocycles. The molecule has 0 saturated carbocycles. The first-order valence-electron chi connectivity index (χ1n) is 34.7. The van der Waals surface area contributed by atoms with Crippen molar-refractivity contribution in [2.45, 2.75) is 78.1 Å². The summed E-state index contributed by atoms with van der Waals surface area (Å²) in [7, 11) is 0. The number of ether oxygens (including phenoxy) is 1. The zero-order valence-corrected chi connectivity index (χ0v) is 48.0. The van der Waals surface area contributed by atoms with Gasteiger partial charge < -0.3 is 9.30 Å². The number of rotatable bonds is 11. The topological polar surface area (TPSA) is 40.8 Å². The summed E-state index contributed by atoms with van der Waals surface area (Å²) in [6.07, 6.45) is 6.13. The van der Waals surface area contributed by atoms with Crippen molar-refractivity contribution >= 4 is 54.6 Å². The summed E-state index contributed by atoms with van der Waals surface area (Å²) in [4.78, 5) is 5.03. The summed E-state index contributed by atoms with van der Waals surface area (Å²) in [6.45, 7) is 17.4. The lowest BCUT2D eigenvalue weighted by Crippen LogP contribution is -2.31. The molecule has 14 aromatic rings. The van der Waals surface area contributed by atoms with Gasteiger partial charge in [0.2, 0.25) is 0 Å². The summed E-state index contributed by atoms with van der Waals surface area (Å²) in [5.74, 6) is 1.17. The third-order valence-electron chi connectivity index (χ3n) is 16.1. The van der Waals surface area contributed by atoms with Gasteiger partial charge in [0.15, 0.2) is 0 Å². The highest BCUT2D eigenvalue weighted by Gasteiger charge is 2.27. The molecular formula is C78H67N5O. The second-order valence-corrected chi connectivity index (χ2v) is 24.3. The van der Waals surface area contributed by atoms with Crippen molar-refractivity contribution in [3.8, 4) is 56.6 Å². The summed E-state index contributed by atoms with van der Waals surface area (Å²) >= 11 is 0. The summed E-state index contributed by atoms with van der Waals surface area (Å²) in [5, 5.41) is 1.16. The van der Waals surface area contributed by atoms with Gasteiger partial charge in [-0.1, -0.05) is 237 Å². The zero-order valence-electron chi connectivity index (χ0n) is 61.0. The number of fused-ring (bicyclic) bond motifs is 7. The van der Waals surface area contributed by atoms with Crippen molar-refractivity contribution < 1.29 is 27.1 Å². The number of nitrogens with zero attached hydrogens (tertiary/aromatic N) is 5. The molecule has 0 N–H and O–H groups in total. The van der Waals surface area contributed by atoms with Crippen molar-refractivity contribution in [3.63, 3.8) is 0 Å². The van der Waals surface area contributed by atoms with Crippen LogP contribution in [0.15, 0.2) is 249 Å². The fraction of sp³-hybridized carbons (Fsp3) is 0.154. The van der Waals surface area contributed by atoms with Gasteiger partial charge in [-0.25, -0.2) is 4.98 Å². The average molecular weight is 1100 g/mol. The number of imidazole rings is 1. The Labute approximate surface area is 510 Å². The predicted octanol–water partition coefficient (Wildman–Crippen LogP) is 19.5. The fourth-order valence-electron chi connectivity index (χ4n) is 11.9. The number of hydrogen-bond acceptors (Lipinski definition) is 2. The smallest absolute Gasteiger partial charge is 0.269 e. The van der Waals surface area contributed by atoms with E-state index in [0.29, 0.717) is 67.9 Å². The molecule has 0 saturated heterocycles. The Morgan fingerprint density at radius 2 is 1.12 bits per heavy atom. The molecule has 0 atom stereocenters. The van der Waals surface area contributed by atoms with Crippen LogP contribution in [0.5, 0.6) is 11.5 Å². The summed E-state index contributed by atoms with van der Waals surface area (Å²) < 4.78 is 133. The molecule has 0 aliphatic rings. The van der Waals surface area contributed by atoms with Gasteiger partial charge in [0.1, 0.15) is 17.3 Å². The van der Waals surface area contributed by atoms with Crippen LogP contribution in [0.1, 0.15) is 95.5 Å². The van der Waals surface area contributed by atoms with Crippen LogP contribution in [0.3, 0.4) is 0 Å². The van der Waals surface area contributed by atoms with Gasteiger partial charge in [0, 0.05) is 39.9 Å². The first-order chi connectivity index (χ1) is 46.0. The van der Waals surface area contributed by atoms with Crippen LogP contribution in [0.25, 0.3) is 99.8 Å². The maximum Gasteiger partial charge on any atom is 0.269 e. The van der Waals surface area contributed by atoms with Crippen LogP contribution >= 0.6 is 0 Å². The van der Waals surface area contributed by atoms with Gasteiger partial charge in [-0.15, -0.1) is 0 Å². The molecule has 0 bridgehead atoms. The lowest BCUT2D eigenvalue weighted by atomic mass is 9.78. The maximum atomic E-state index is 9.61. The molecule has 14 rings (SSSR count). The van der Waals surface area contributed by atoms with Crippen molar-refractivity contribution in [2.24, 2.45) is 0 Å². The van der Waals surface area contributed by atoms with E-state index in [1.54, 1.807) is 24.4 Å². The monoisotopic (exact) mass is 1100 g/mol. The van der Waals surface area contributed by atoms with Gasteiger partial charge in [-0.3, -0.25) is 13.7 Å². The van der Waals surface area contributed by atoms with Crippen molar-refractivity contribution in [1.82, 2.24) is 18.7 Å². The molecule has 410 valence electrons. The Balaban J connectivity index is 1.01. The Morgan fingerprint density at radius 3 is 1.83 bits per heavy atom. The molecule has 6 heteroatoms. The lowest BCUT2D eigenvalue weighted by Gasteiger charge is -2.27. The van der Waals surface area contributed by atoms with Crippen LogP contribution in [-0.4, -0.2) is 18.7 Å². The largest absolute Gasteiger partial charge is 0.458 e. The third-order valence-corrected chi connectivity index (χ3v) is 16.1. The molecule has 10 aromatic carbocycles. The number of pyridine rings is 1. The third kappa shape index (κ3) is 9.23. The van der Waals surface area contributed by atoms with E-state index in [0.717, 1.165) is 33.3 Å². The maximum absolute atomic E-state index is 9.61. The molecule has 0 unspecified atom stereocenters. The predicted molar refractivity (Wildman–Crippen MR) is 348 cm³/mol. The Hall–Kier alpha value is -9.78. The van der Waals surface area contributed by atoms with Gasteiger partial charge >= 0.3 is 0 Å². The van der Waals surface area contributed by atoms with Crippen LogP contribution in [0.2, 0.25) is 0 Å². The fourth-order valence-corrected chi connectivity index (χ4v) is 11.9. The van der Waals surface area contributed by atoms with E-state index >= 15 is 0 Å². The Kier molecular flexibility index (Phi) is 9.57. The van der Waals surface area contributed by atoms with E-state index in [2.05, 4.69) is 98.1 Å². The van der Waals surface area contributed by atoms with E-state index in [4.69, 9.17) is 19.3 Å². The van der Waals surface area contributed by atoms with Crippen molar-refractivity contribution in [1.29, 1.82) is 0 Å². The van der Waals surface area contributed by atoms with Crippen molar-refractivity contribution in [3.05, 3.63) is 277 Å². The lowest BCUT2D eigenvalue weighted by molar-refractivity contribution is -0.571. The molecule has 4 heterocycles. The van der Waals surface area contributed by atoms with E-state index < -0.39 is 66.5 Å². The Bertz CT molecular complexity index is 5500. The SMILES string of the molecule is [2H]c1c([2H])c([2H])c(-c2cccc(-c3cc(C(C)(C)C)cc(C(C)(C)C)c3)c2-[n+]2[c-]n(-c3cccc(Oc4cc(-n5c6c([2H])c([2H])c([2H])c([2H])c6c6c([2H])c([2H])c([2H])c([2H])c65)c5c6ccccc6n(-c6cc(CC(C)(C)c7ccccc7)ccn6)c5c4)c3)c3ccccc32)c([2H])c1[2H]. The second-order valence-electron chi connectivity index (χ2n) is 24.3. The number of aromatic nitrogens is 5. The molecule has 6 nitrogen and oxygen atoms in total. The quantitative estimate of drug-likeness (QED) is 0.0957. The number of para-hydroxylation sites is 6. The normalized spacial score (nSPS) is 14.5. The summed E-state index contributed by atoms with van der Waals surface area (Å²) in [6, 6.07) is 47.0. The van der Waals surface area contributed by atoms with Crippen LogP contribution < -0.4 is 9.30 Å². The first-order valence-corrected chi connectivity index (χ1v) is 28.2. The van der Waals surface area contributed by atoms with E-state index in [9.17, 15) is 8.22 Å². The van der Waals surface area contributed by atoms with Crippen LogP contribution in [0.4, 0.5) is 0 Å². The van der Waals surface area contributed by atoms with Gasteiger partial charge in [-0.05, 0) is 116 Å². The van der Waals surface area contributed by atoms with E-state index in [-0.39, 0.29) is 61.4 Å². The van der Waals surface area contributed by atoms with E-state index in [1.807, 2.05) is 123 Å². The standard InChI is InChI=1S/C78H67N5O/c1-76(2,3)56-44-54(45-57(46-56)77(4,5)6)62-35-24-34-61(53-25-11-9-12-26-53)75(62)81-51-80(69-39-21-22-40-70(69)81)58-29-23-30-59(47-58)84-60-48-71(82-66-36-18-15-31-63(66)64-32-16-19-37-67(64)82)74-65-33-17-20-38-68(65)83(72(74)49-60)73-43-52(41-42-79-73)50-78(7,8)55-27-13-10-14-28-55/h9-49H,50H2,1-8H3/i9D,11D,12D,15D,16D,18D,19D,25D,26D,31D,32D,36D,37D. The molecule has 0 spiro atoms. The molecule has 84 heavy (non-hydrogen) atoms. The van der Waals surface area contributed by atoms with Gasteiger partial charge in [0.25, 0.3) is 6.33 Å². The molecule has 4 aromatic heterocycles. The number of benzene rings is 10. The molecule has 0 radical (unpaired) electrons. The minimum Gasteiger partial charge on any atom is -0.458 e. The minimum absolute atomic E-state index is 0.0338. The first kappa shape index (κ1) is 39.6. The van der Waals surface area contributed by atoms with Crippen molar-refractivity contribution in [2.75, 3.05) is 0 Å². The highest BCUT2D eigenvalue weighted by Crippen LogP contribution is 2.44. The zero-order chi connectivity index (χ0) is 68.8. The molecule has 0 amide bonds. The Morgan fingerprint density at radius 1 is 0.488 bits per heavy atom. The van der Waals surface area contributed by atoms with Crippen LogP contribution in [-0.2, 0) is 22.7 Å².